The molecule has 0 saturated heterocycles. The predicted octanol–water partition coefficient (Wildman–Crippen LogP) is 3.12. The largest absolute Gasteiger partial charge is 0.494 e. The molecule has 2 aromatic rings. The highest BCUT2D eigenvalue weighted by Crippen LogP contribution is 2.25. The molecule has 0 amide bonds. The lowest BCUT2D eigenvalue weighted by atomic mass is 10.0. The van der Waals surface area contributed by atoms with Crippen LogP contribution in [0.5, 0.6) is 5.75 Å². The second kappa shape index (κ2) is 6.34. The molecule has 1 N–H and O–H groups in total. The van der Waals surface area contributed by atoms with Gasteiger partial charge in [-0.15, -0.1) is 0 Å². The Morgan fingerprint density at radius 3 is 2.53 bits per heavy atom. The van der Waals surface area contributed by atoms with Gasteiger partial charge in [-0.3, -0.25) is 4.98 Å². The van der Waals surface area contributed by atoms with Crippen molar-refractivity contribution < 1.29 is 9.84 Å². The summed E-state index contributed by atoms with van der Waals surface area (Å²) in [6.07, 6.45) is 1.88. The van der Waals surface area contributed by atoms with E-state index in [1.54, 1.807) is 6.20 Å². The van der Waals surface area contributed by atoms with E-state index in [4.69, 9.17) is 4.74 Å². The van der Waals surface area contributed by atoms with Crippen molar-refractivity contribution in [2.24, 2.45) is 0 Å². The maximum Gasteiger partial charge on any atom is 0.121 e. The van der Waals surface area contributed by atoms with Crippen molar-refractivity contribution in [3.63, 3.8) is 0 Å². The first-order chi connectivity index (χ1) is 9.26. The Bertz CT molecular complexity index is 523. The summed E-state index contributed by atoms with van der Waals surface area (Å²) < 4.78 is 5.39. The zero-order valence-corrected chi connectivity index (χ0v) is 11.3. The van der Waals surface area contributed by atoms with Gasteiger partial charge >= 0.3 is 0 Å². The summed E-state index contributed by atoms with van der Waals surface area (Å²) in [4.78, 5) is 4.30. The third-order valence-corrected chi connectivity index (χ3v) is 3.07. The Morgan fingerprint density at radius 2 is 1.89 bits per heavy atom. The van der Waals surface area contributed by atoms with Crippen LogP contribution < -0.4 is 4.74 Å². The van der Waals surface area contributed by atoms with Gasteiger partial charge in [0.25, 0.3) is 0 Å². The molecule has 0 spiro atoms. The lowest BCUT2D eigenvalue weighted by molar-refractivity contribution is 0.214. The molecule has 0 aliphatic rings. The van der Waals surface area contributed by atoms with Crippen molar-refractivity contribution in [1.82, 2.24) is 4.98 Å². The number of pyridine rings is 1. The van der Waals surface area contributed by atoms with Crippen LogP contribution in [-0.2, 0) is 6.42 Å². The number of hydrogen-bond donors (Lipinski definition) is 1. The van der Waals surface area contributed by atoms with Gasteiger partial charge in [0.1, 0.15) is 11.9 Å². The van der Waals surface area contributed by atoms with E-state index in [9.17, 15) is 5.11 Å². The number of aromatic nitrogens is 1. The normalized spacial score (nSPS) is 12.2. The van der Waals surface area contributed by atoms with E-state index in [1.807, 2.05) is 43.3 Å². The minimum absolute atomic E-state index is 0.641. The molecule has 1 atom stereocenters. The van der Waals surface area contributed by atoms with E-state index in [0.717, 1.165) is 29.0 Å². The van der Waals surface area contributed by atoms with E-state index in [0.29, 0.717) is 6.61 Å². The predicted molar refractivity (Wildman–Crippen MR) is 75.3 cm³/mol. The average molecular weight is 257 g/mol. The minimum atomic E-state index is -0.688. The molecule has 2 rings (SSSR count). The Hall–Kier alpha value is -1.87. The van der Waals surface area contributed by atoms with Gasteiger partial charge in [-0.2, -0.15) is 0 Å². The Labute approximate surface area is 113 Å². The first-order valence-electron chi connectivity index (χ1n) is 6.60. The number of hydrogen-bond acceptors (Lipinski definition) is 3. The van der Waals surface area contributed by atoms with Gasteiger partial charge in [-0.1, -0.05) is 25.1 Å². The Morgan fingerprint density at radius 1 is 1.16 bits per heavy atom. The topological polar surface area (TPSA) is 42.4 Å². The molecule has 1 aromatic carbocycles. The molecule has 0 aliphatic carbocycles. The molecule has 1 aromatic heterocycles. The fourth-order valence-electron chi connectivity index (χ4n) is 2.07. The highest BCUT2D eigenvalue weighted by atomic mass is 16.5. The number of aryl methyl sites for hydroxylation is 1. The van der Waals surface area contributed by atoms with E-state index in [-0.39, 0.29) is 0 Å². The summed E-state index contributed by atoms with van der Waals surface area (Å²) in [5.41, 5.74) is 2.63. The van der Waals surface area contributed by atoms with Crippen LogP contribution in [0.15, 0.2) is 42.6 Å². The molecule has 0 aliphatic heterocycles. The smallest absolute Gasteiger partial charge is 0.121 e. The Kier molecular flexibility index (Phi) is 4.53. The summed E-state index contributed by atoms with van der Waals surface area (Å²) in [5, 5.41) is 10.4. The van der Waals surface area contributed by atoms with Crippen LogP contribution in [0.1, 0.15) is 36.8 Å². The molecule has 0 saturated carbocycles. The second-order valence-electron chi connectivity index (χ2n) is 4.31. The van der Waals surface area contributed by atoms with Gasteiger partial charge in [-0.25, -0.2) is 0 Å². The summed E-state index contributed by atoms with van der Waals surface area (Å²) in [7, 11) is 0. The molecule has 3 heteroatoms. The zero-order valence-electron chi connectivity index (χ0n) is 11.3. The maximum absolute atomic E-state index is 10.4. The number of aliphatic hydroxyl groups excluding tert-OH is 1. The van der Waals surface area contributed by atoms with E-state index in [1.165, 1.54) is 0 Å². The number of rotatable bonds is 5. The molecule has 0 fully saturated rings. The van der Waals surface area contributed by atoms with Gasteiger partial charge in [0.15, 0.2) is 0 Å². The van der Waals surface area contributed by atoms with Crippen molar-refractivity contribution in [3.05, 3.63) is 59.4 Å². The number of ether oxygens (including phenoxy) is 1. The molecule has 100 valence electrons. The maximum atomic E-state index is 10.4. The fourth-order valence-corrected chi connectivity index (χ4v) is 2.07. The lowest BCUT2D eigenvalue weighted by Crippen LogP contribution is -2.06. The molecule has 19 heavy (non-hydrogen) atoms. The minimum Gasteiger partial charge on any atom is -0.494 e. The van der Waals surface area contributed by atoms with Crippen molar-refractivity contribution in [3.8, 4) is 5.75 Å². The van der Waals surface area contributed by atoms with Crippen LogP contribution in [-0.4, -0.2) is 16.7 Å². The van der Waals surface area contributed by atoms with E-state index >= 15 is 0 Å². The third-order valence-electron chi connectivity index (χ3n) is 3.07. The molecule has 1 heterocycles. The first kappa shape index (κ1) is 13.6. The quantitative estimate of drug-likeness (QED) is 0.894. The molecule has 0 radical (unpaired) electrons. The van der Waals surface area contributed by atoms with Crippen molar-refractivity contribution in [1.29, 1.82) is 0 Å². The summed E-state index contributed by atoms with van der Waals surface area (Å²) in [6, 6.07) is 11.4. The van der Waals surface area contributed by atoms with E-state index < -0.39 is 6.10 Å². The van der Waals surface area contributed by atoms with Crippen LogP contribution in [0.4, 0.5) is 0 Å². The number of benzene rings is 1. The monoisotopic (exact) mass is 257 g/mol. The molecular weight excluding hydrogens is 238 g/mol. The van der Waals surface area contributed by atoms with Gasteiger partial charge < -0.3 is 9.84 Å². The molecule has 3 nitrogen and oxygen atoms in total. The fraction of sp³-hybridized carbons (Fsp3) is 0.312. The van der Waals surface area contributed by atoms with Crippen molar-refractivity contribution >= 4 is 0 Å². The third kappa shape index (κ3) is 3.12. The first-order valence-corrected chi connectivity index (χ1v) is 6.60. The summed E-state index contributed by atoms with van der Waals surface area (Å²) >= 11 is 0. The standard InChI is InChI=1S/C16H19NO2/c1-3-12-6-5-11-17-15(12)16(18)13-7-9-14(10-8-13)19-4-2/h5-11,16,18H,3-4H2,1-2H3. The van der Waals surface area contributed by atoms with Crippen LogP contribution in [0.2, 0.25) is 0 Å². The highest BCUT2D eigenvalue weighted by Gasteiger charge is 2.15. The van der Waals surface area contributed by atoms with Crippen LogP contribution in [0, 0.1) is 0 Å². The lowest BCUT2D eigenvalue weighted by Gasteiger charge is -2.14. The number of aliphatic hydroxyl groups is 1. The Balaban J connectivity index is 2.25. The van der Waals surface area contributed by atoms with Gasteiger partial charge in [0, 0.05) is 6.20 Å². The molecule has 1 unspecified atom stereocenters. The van der Waals surface area contributed by atoms with Crippen molar-refractivity contribution in [2.75, 3.05) is 6.61 Å². The highest BCUT2D eigenvalue weighted by molar-refractivity contribution is 5.34. The van der Waals surface area contributed by atoms with Crippen LogP contribution in [0.3, 0.4) is 0 Å². The molecular formula is C16H19NO2. The summed E-state index contributed by atoms with van der Waals surface area (Å²) in [6.45, 7) is 4.65. The van der Waals surface area contributed by atoms with Crippen LogP contribution in [0.25, 0.3) is 0 Å². The summed E-state index contributed by atoms with van der Waals surface area (Å²) in [5.74, 6) is 0.815. The van der Waals surface area contributed by atoms with Crippen molar-refractivity contribution in [2.45, 2.75) is 26.4 Å². The van der Waals surface area contributed by atoms with Gasteiger partial charge in [0.05, 0.1) is 12.3 Å². The zero-order chi connectivity index (χ0) is 13.7. The number of nitrogens with zero attached hydrogens (tertiary/aromatic N) is 1. The van der Waals surface area contributed by atoms with Gasteiger partial charge in [0.2, 0.25) is 0 Å². The van der Waals surface area contributed by atoms with E-state index in [2.05, 4.69) is 11.9 Å². The van der Waals surface area contributed by atoms with Gasteiger partial charge in [-0.05, 0) is 42.7 Å². The molecule has 0 bridgehead atoms. The van der Waals surface area contributed by atoms with Crippen LogP contribution >= 0.6 is 0 Å². The SMILES string of the molecule is CCOc1ccc(C(O)c2ncccc2CC)cc1. The average Bonchev–Trinajstić information content (AvgIpc) is 2.47. The second-order valence-corrected chi connectivity index (χ2v) is 4.31.